The van der Waals surface area contributed by atoms with E-state index in [0.717, 1.165) is 99.8 Å². The molecule has 0 aromatic rings. The summed E-state index contributed by atoms with van der Waals surface area (Å²) >= 11 is 9.29. The molecule has 0 amide bonds. The van der Waals surface area contributed by atoms with E-state index in [2.05, 4.69) is 0 Å². The molecule has 288 valence electrons. The van der Waals surface area contributed by atoms with Crippen molar-refractivity contribution in [1.82, 2.24) is 30.1 Å². The maximum atomic E-state index is 4.82. The molecule has 0 saturated heterocycles. The van der Waals surface area contributed by atoms with Crippen molar-refractivity contribution in [2.45, 2.75) is 38.5 Å². The fourth-order valence-corrected chi connectivity index (χ4v) is 10.7. The second-order valence-electron chi connectivity index (χ2n) is 12.3. The van der Waals surface area contributed by atoms with Crippen LogP contribution < -0.4 is 0 Å². The Morgan fingerprint density at radius 1 is 0.278 bits per heavy atom. The van der Waals surface area contributed by atoms with Crippen molar-refractivity contribution in [3.63, 3.8) is 0 Å². The van der Waals surface area contributed by atoms with Crippen LogP contribution in [0.3, 0.4) is 0 Å². The van der Waals surface area contributed by atoms with Crippen LogP contribution in [0.25, 0.3) is 0 Å². The molecule has 0 atom stereocenters. The predicted molar refractivity (Wildman–Crippen MR) is 238 cm³/mol. The molecule has 18 nitrogen and oxygen atoms in total. The summed E-state index contributed by atoms with van der Waals surface area (Å²) in [6, 6.07) is 0. The fourth-order valence-electron chi connectivity index (χ4n) is 5.16. The lowest BCUT2D eigenvalue weighted by atomic mass is 10.3. The Morgan fingerprint density at radius 2 is 0.426 bits per heavy atom. The highest BCUT2D eigenvalue weighted by atomic mass is 32.2. The highest BCUT2D eigenvalue weighted by molar-refractivity contribution is 8.38. The van der Waals surface area contributed by atoms with Gasteiger partial charge in [-0.1, -0.05) is 0 Å². The smallest absolute Gasteiger partial charge is 0.186 e. The minimum atomic E-state index is 0.702. The lowest BCUT2D eigenvalue weighted by molar-refractivity contribution is 0.553. The van der Waals surface area contributed by atoms with Crippen molar-refractivity contribution in [3.8, 4) is 0 Å². The molecular formula is C30H42N18S6. The van der Waals surface area contributed by atoms with Gasteiger partial charge in [-0.25, -0.2) is 30.1 Å². The first-order valence-corrected chi connectivity index (χ1v) is 22.4. The Hall–Kier alpha value is -3.06. The Labute approximate surface area is 340 Å². The fraction of sp³-hybridized carbons (Fsp3) is 0.600. The van der Waals surface area contributed by atoms with Crippen LogP contribution in [0.1, 0.15) is 38.5 Å². The van der Waals surface area contributed by atoms with Gasteiger partial charge in [0.1, 0.15) is 0 Å². The molecule has 0 aromatic carbocycles. The number of fused-ring (bicyclic) bond motifs is 15. The number of thioether (sulfide) groups is 6. The van der Waals surface area contributed by atoms with Gasteiger partial charge in [0, 0.05) is 81.6 Å². The summed E-state index contributed by atoms with van der Waals surface area (Å²) < 4.78 is 0. The maximum absolute atomic E-state index is 4.82. The zero-order chi connectivity index (χ0) is 37.6. The second kappa shape index (κ2) is 18.3. The van der Waals surface area contributed by atoms with Gasteiger partial charge in [0.2, 0.25) is 0 Å². The van der Waals surface area contributed by atoms with Crippen molar-refractivity contribution in [3.05, 3.63) is 0 Å². The number of hydrogen-bond donors (Lipinski definition) is 0. The number of nitrogens with zero attached hydrogens (tertiary/aromatic N) is 18. The molecule has 0 saturated carbocycles. The van der Waals surface area contributed by atoms with Crippen LogP contribution in [-0.4, -0.2) is 173 Å². The van der Waals surface area contributed by atoms with Gasteiger partial charge in [0.15, 0.2) is 61.3 Å². The molecule has 12 bridgehead atoms. The highest BCUT2D eigenvalue weighted by Gasteiger charge is 2.33. The van der Waals surface area contributed by atoms with Crippen LogP contribution in [-0.2, 0) is 0 Å². The zero-order valence-corrected chi connectivity index (χ0v) is 35.9. The molecule has 24 heteroatoms. The summed E-state index contributed by atoms with van der Waals surface area (Å²) in [4.78, 5) is 28.9. The van der Waals surface area contributed by atoms with Crippen LogP contribution in [0.5, 0.6) is 0 Å². The minimum absolute atomic E-state index is 0.702. The van der Waals surface area contributed by atoms with E-state index < -0.39 is 0 Å². The molecule has 0 spiro atoms. The van der Waals surface area contributed by atoms with E-state index in [1.54, 1.807) is 70.6 Å². The van der Waals surface area contributed by atoms with E-state index in [1.165, 1.54) is 0 Å². The minimum Gasteiger partial charge on any atom is -0.261 e. The van der Waals surface area contributed by atoms with Gasteiger partial charge in [0.05, 0.1) is 0 Å². The molecule has 0 aromatic heterocycles. The molecular weight excluding hydrogens is 805 g/mol. The van der Waals surface area contributed by atoms with Gasteiger partial charge < -0.3 is 0 Å². The monoisotopic (exact) mass is 846 g/mol. The highest BCUT2D eigenvalue weighted by Crippen LogP contribution is 2.32. The molecule has 0 aliphatic carbocycles. The molecule has 7 aliphatic heterocycles. The normalized spacial score (nSPS) is 23.9. The largest absolute Gasteiger partial charge is 0.261 e. The molecule has 7 rings (SSSR count). The third-order valence-electron chi connectivity index (χ3n) is 7.96. The summed E-state index contributed by atoms with van der Waals surface area (Å²) in [6.07, 6.45) is 5.53. The average Bonchev–Trinajstić information content (AvgIpc) is 4.00. The number of hydrazone groups is 6. The Balaban J connectivity index is 0.978. The van der Waals surface area contributed by atoms with Crippen molar-refractivity contribution in [2.75, 3.05) is 81.6 Å². The van der Waals surface area contributed by atoms with E-state index in [1.807, 2.05) is 72.3 Å². The van der Waals surface area contributed by atoms with E-state index in [-0.39, 0.29) is 0 Å². The van der Waals surface area contributed by atoms with Gasteiger partial charge in [-0.15, -0.1) is 0 Å². The molecule has 0 fully saturated rings. The molecule has 0 radical (unpaired) electrons. The first-order chi connectivity index (χ1) is 26.2. The van der Waals surface area contributed by atoms with Crippen LogP contribution >= 0.6 is 70.6 Å². The first-order valence-electron chi connectivity index (χ1n) is 17.5. The third-order valence-corrected chi connectivity index (χ3v) is 14.6. The van der Waals surface area contributed by atoms with Gasteiger partial charge in [-0.3, -0.25) is 30.0 Å². The lowest BCUT2D eigenvalue weighted by Gasteiger charge is -2.07. The average molecular weight is 847 g/mol. The molecule has 7 aliphatic rings. The number of rotatable bonds is 0. The Kier molecular flexibility index (Phi) is 13.2. The number of aliphatic imine (C=N–C) groups is 6. The molecule has 0 N–H and O–H groups in total. The topological polar surface area (TPSA) is 168 Å². The molecule has 0 unspecified atom stereocenters. The SMILES string of the molecule is CN1N=C2SC1=NCCCCN=C1SC(=NN1C)C1=NN(C)C(=NCCCCN=C3SC(=NN3C)C3=NN(C)C(=NCCCCN=C4SC2=NN4C)S3)S1. The Morgan fingerprint density at radius 3 is 0.574 bits per heavy atom. The molecule has 54 heavy (non-hydrogen) atoms. The van der Waals surface area contributed by atoms with Crippen LogP contribution in [0.15, 0.2) is 60.6 Å². The van der Waals surface area contributed by atoms with E-state index in [4.69, 9.17) is 60.6 Å². The Bertz CT molecular complexity index is 1520. The van der Waals surface area contributed by atoms with Gasteiger partial charge in [-0.2, -0.15) is 30.6 Å². The summed E-state index contributed by atoms with van der Waals surface area (Å²) in [6.45, 7) is 4.21. The van der Waals surface area contributed by atoms with Gasteiger partial charge in [-0.05, 0) is 109 Å². The van der Waals surface area contributed by atoms with Crippen LogP contribution in [0.2, 0.25) is 0 Å². The van der Waals surface area contributed by atoms with Crippen molar-refractivity contribution < 1.29 is 0 Å². The number of hydrogen-bond acceptors (Lipinski definition) is 24. The van der Waals surface area contributed by atoms with Crippen molar-refractivity contribution in [1.29, 1.82) is 0 Å². The van der Waals surface area contributed by atoms with Crippen LogP contribution in [0.4, 0.5) is 0 Å². The summed E-state index contributed by atoms with van der Waals surface area (Å²) in [5.74, 6) is 0. The van der Waals surface area contributed by atoms with Crippen molar-refractivity contribution in [2.24, 2.45) is 60.6 Å². The predicted octanol–water partition coefficient (Wildman–Crippen LogP) is 4.43. The van der Waals surface area contributed by atoms with E-state index >= 15 is 0 Å². The summed E-state index contributed by atoms with van der Waals surface area (Å²) in [5, 5.41) is 49.5. The summed E-state index contributed by atoms with van der Waals surface area (Å²) in [7, 11) is 11.6. The van der Waals surface area contributed by atoms with Crippen LogP contribution in [0, 0.1) is 0 Å². The van der Waals surface area contributed by atoms with E-state index in [9.17, 15) is 0 Å². The first kappa shape index (κ1) is 39.2. The number of amidine groups is 6. The second-order valence-corrected chi connectivity index (χ2v) is 18.0. The zero-order valence-electron chi connectivity index (χ0n) is 31.0. The summed E-state index contributed by atoms with van der Waals surface area (Å²) in [5.41, 5.74) is 0. The molecule has 7 heterocycles. The standard InChI is InChI=1S/C30H42N18S6/c1-43-25-31-13-7-8-14-33-27-45(3)39-21(51-27)22-40-47(5)29(52-22)35-17-11-12-18-36-30-48(6)42-24(54-30)23-41-46(4)28(53-23)34-16-10-9-15-32-26-44(2)38-20(50-26)19(37-43)49-25/h7-18H2,1-6H3. The van der Waals surface area contributed by atoms with Gasteiger partial charge in [0.25, 0.3) is 0 Å². The quantitative estimate of drug-likeness (QED) is 0.337. The van der Waals surface area contributed by atoms with Gasteiger partial charge >= 0.3 is 0 Å². The third kappa shape index (κ3) is 9.65. The lowest BCUT2D eigenvalue weighted by Crippen LogP contribution is -2.13. The van der Waals surface area contributed by atoms with Crippen molar-refractivity contribution >= 4 is 132 Å². The van der Waals surface area contributed by atoms with E-state index in [0.29, 0.717) is 39.3 Å². The maximum Gasteiger partial charge on any atom is 0.186 e.